The number of rotatable bonds is 3. The van der Waals surface area contributed by atoms with E-state index in [9.17, 15) is 18.4 Å². The van der Waals surface area contributed by atoms with Gasteiger partial charge in [0.05, 0.1) is 12.3 Å². The molecule has 2 rings (SSSR count). The third-order valence-electron chi connectivity index (χ3n) is 2.96. The van der Waals surface area contributed by atoms with E-state index in [1.807, 2.05) is 0 Å². The maximum atomic E-state index is 13.4. The average Bonchev–Trinajstić information content (AvgIpc) is 2.82. The molecular formula is C12H12F2N2O4. The standard InChI is InChI=1S/C12H12F2N2O4/c13-7-1-2-9(8(14)5-7)15-11(19)16-12(10(17)18)3-4-20-6-12/h1-2,5H,3-4,6H2,(H,17,18)(H2,15,16,19). The van der Waals surface area contributed by atoms with E-state index < -0.39 is 29.2 Å². The normalized spacial score (nSPS) is 21.5. The molecular weight excluding hydrogens is 274 g/mol. The highest BCUT2D eigenvalue weighted by molar-refractivity contribution is 5.94. The molecule has 108 valence electrons. The molecule has 2 amide bonds. The number of carboxylic acid groups (broad SMARTS) is 1. The smallest absolute Gasteiger partial charge is 0.332 e. The molecule has 1 fully saturated rings. The number of nitrogens with one attached hydrogen (secondary N) is 2. The van der Waals surface area contributed by atoms with Crippen molar-refractivity contribution in [2.24, 2.45) is 0 Å². The Morgan fingerprint density at radius 3 is 2.65 bits per heavy atom. The third-order valence-corrected chi connectivity index (χ3v) is 2.96. The van der Waals surface area contributed by atoms with Crippen LogP contribution < -0.4 is 10.6 Å². The van der Waals surface area contributed by atoms with Crippen molar-refractivity contribution in [2.75, 3.05) is 18.5 Å². The van der Waals surface area contributed by atoms with Crippen molar-refractivity contribution in [3.63, 3.8) is 0 Å². The van der Waals surface area contributed by atoms with Crippen LogP contribution in [-0.2, 0) is 9.53 Å². The Morgan fingerprint density at radius 2 is 2.10 bits per heavy atom. The molecule has 0 aliphatic carbocycles. The van der Waals surface area contributed by atoms with Crippen LogP contribution in [0.4, 0.5) is 19.3 Å². The van der Waals surface area contributed by atoms with E-state index in [-0.39, 0.29) is 25.3 Å². The minimum atomic E-state index is -1.53. The van der Waals surface area contributed by atoms with Crippen molar-refractivity contribution >= 4 is 17.7 Å². The van der Waals surface area contributed by atoms with Crippen molar-refractivity contribution in [1.29, 1.82) is 0 Å². The van der Waals surface area contributed by atoms with Crippen LogP contribution in [0.25, 0.3) is 0 Å². The second-order valence-corrected chi connectivity index (χ2v) is 4.39. The molecule has 6 nitrogen and oxygen atoms in total. The number of amides is 2. The lowest BCUT2D eigenvalue weighted by Crippen LogP contribution is -2.56. The first-order chi connectivity index (χ1) is 9.43. The van der Waals surface area contributed by atoms with E-state index in [2.05, 4.69) is 10.6 Å². The minimum Gasteiger partial charge on any atom is -0.479 e. The Labute approximate surface area is 112 Å². The summed E-state index contributed by atoms with van der Waals surface area (Å²) in [6.45, 7) is 0.0408. The summed E-state index contributed by atoms with van der Waals surface area (Å²) in [6.07, 6.45) is 0.113. The van der Waals surface area contributed by atoms with Crippen molar-refractivity contribution in [2.45, 2.75) is 12.0 Å². The summed E-state index contributed by atoms with van der Waals surface area (Å²) in [7, 11) is 0. The predicted molar refractivity (Wildman–Crippen MR) is 64.3 cm³/mol. The van der Waals surface area contributed by atoms with Crippen LogP contribution in [0, 0.1) is 11.6 Å². The zero-order valence-electron chi connectivity index (χ0n) is 10.3. The molecule has 1 aliphatic heterocycles. The van der Waals surface area contributed by atoms with E-state index in [1.165, 1.54) is 0 Å². The first-order valence-electron chi connectivity index (χ1n) is 5.78. The van der Waals surface area contributed by atoms with E-state index >= 15 is 0 Å². The maximum absolute atomic E-state index is 13.4. The average molecular weight is 286 g/mol. The van der Waals surface area contributed by atoms with Crippen molar-refractivity contribution in [1.82, 2.24) is 5.32 Å². The van der Waals surface area contributed by atoms with Gasteiger partial charge in [0.2, 0.25) is 0 Å². The van der Waals surface area contributed by atoms with Gasteiger partial charge < -0.3 is 20.5 Å². The van der Waals surface area contributed by atoms with Crippen LogP contribution in [0.5, 0.6) is 0 Å². The number of urea groups is 1. The molecule has 1 unspecified atom stereocenters. The molecule has 1 atom stereocenters. The molecule has 0 saturated carbocycles. The van der Waals surface area contributed by atoms with E-state index in [0.29, 0.717) is 6.07 Å². The Kier molecular flexibility index (Phi) is 3.84. The van der Waals surface area contributed by atoms with Crippen LogP contribution >= 0.6 is 0 Å². The predicted octanol–water partition coefficient (Wildman–Crippen LogP) is 1.33. The fourth-order valence-electron chi connectivity index (χ4n) is 1.85. The molecule has 1 aromatic carbocycles. The van der Waals surface area contributed by atoms with E-state index in [0.717, 1.165) is 12.1 Å². The van der Waals surface area contributed by atoms with Gasteiger partial charge in [-0.3, -0.25) is 0 Å². The Balaban J connectivity index is 2.07. The van der Waals surface area contributed by atoms with Gasteiger partial charge in [0.15, 0.2) is 5.54 Å². The molecule has 0 spiro atoms. The number of halogens is 2. The second kappa shape index (κ2) is 5.41. The zero-order valence-corrected chi connectivity index (χ0v) is 10.3. The number of carbonyl (C=O) groups excluding carboxylic acids is 1. The van der Waals surface area contributed by atoms with Crippen LogP contribution in [0.3, 0.4) is 0 Å². The highest BCUT2D eigenvalue weighted by Crippen LogP contribution is 2.20. The summed E-state index contributed by atoms with van der Waals surface area (Å²) in [4.78, 5) is 22.9. The second-order valence-electron chi connectivity index (χ2n) is 4.39. The first-order valence-corrected chi connectivity index (χ1v) is 5.78. The van der Waals surface area contributed by atoms with Gasteiger partial charge in [0.1, 0.15) is 11.6 Å². The molecule has 0 aromatic heterocycles. The third kappa shape index (κ3) is 2.85. The summed E-state index contributed by atoms with van der Waals surface area (Å²) < 4.78 is 31.0. The van der Waals surface area contributed by atoms with E-state index in [4.69, 9.17) is 9.84 Å². The summed E-state index contributed by atoms with van der Waals surface area (Å²) >= 11 is 0. The fraction of sp³-hybridized carbons (Fsp3) is 0.333. The van der Waals surface area contributed by atoms with Crippen LogP contribution in [-0.4, -0.2) is 35.9 Å². The molecule has 3 N–H and O–H groups in total. The molecule has 1 aliphatic rings. The number of hydrogen-bond acceptors (Lipinski definition) is 3. The van der Waals surface area contributed by atoms with Gasteiger partial charge in [0.25, 0.3) is 0 Å². The van der Waals surface area contributed by atoms with Gasteiger partial charge in [-0.05, 0) is 12.1 Å². The number of carboxylic acids is 1. The Hall–Kier alpha value is -2.22. The largest absolute Gasteiger partial charge is 0.479 e. The lowest BCUT2D eigenvalue weighted by atomic mass is 9.99. The van der Waals surface area contributed by atoms with Crippen molar-refractivity contribution in [3.8, 4) is 0 Å². The molecule has 1 heterocycles. The number of benzene rings is 1. The lowest BCUT2D eigenvalue weighted by Gasteiger charge is -2.23. The van der Waals surface area contributed by atoms with Gasteiger partial charge in [-0.2, -0.15) is 0 Å². The minimum absolute atomic E-state index is 0.113. The SMILES string of the molecule is O=C(Nc1ccc(F)cc1F)NC1(C(=O)O)CCOC1. The van der Waals surface area contributed by atoms with Crippen molar-refractivity contribution < 1.29 is 28.2 Å². The van der Waals surface area contributed by atoms with Crippen LogP contribution in [0.1, 0.15) is 6.42 Å². The summed E-state index contributed by atoms with van der Waals surface area (Å²) in [5, 5.41) is 13.5. The molecule has 1 aromatic rings. The zero-order chi connectivity index (χ0) is 14.8. The highest BCUT2D eigenvalue weighted by Gasteiger charge is 2.44. The van der Waals surface area contributed by atoms with E-state index in [1.54, 1.807) is 0 Å². The summed E-state index contributed by atoms with van der Waals surface area (Å²) in [6, 6.07) is 1.73. The molecule has 20 heavy (non-hydrogen) atoms. The quantitative estimate of drug-likeness (QED) is 0.782. The van der Waals surface area contributed by atoms with Gasteiger partial charge in [-0.25, -0.2) is 18.4 Å². The van der Waals surface area contributed by atoms with Crippen LogP contribution in [0.15, 0.2) is 18.2 Å². The number of ether oxygens (including phenoxy) is 1. The molecule has 8 heteroatoms. The number of aliphatic carboxylic acids is 1. The Morgan fingerprint density at radius 1 is 1.35 bits per heavy atom. The molecule has 0 bridgehead atoms. The first kappa shape index (κ1) is 14.2. The molecule has 1 saturated heterocycles. The van der Waals surface area contributed by atoms with Gasteiger partial charge in [-0.1, -0.05) is 0 Å². The van der Waals surface area contributed by atoms with Gasteiger partial charge >= 0.3 is 12.0 Å². The van der Waals surface area contributed by atoms with Crippen molar-refractivity contribution in [3.05, 3.63) is 29.8 Å². The fourth-order valence-corrected chi connectivity index (χ4v) is 1.85. The number of anilines is 1. The number of hydrogen-bond donors (Lipinski definition) is 3. The maximum Gasteiger partial charge on any atom is 0.332 e. The lowest BCUT2D eigenvalue weighted by molar-refractivity contribution is -0.144. The highest BCUT2D eigenvalue weighted by atomic mass is 19.1. The summed E-state index contributed by atoms with van der Waals surface area (Å²) in [5.74, 6) is -2.96. The summed E-state index contributed by atoms with van der Waals surface area (Å²) in [5.41, 5.74) is -1.77. The van der Waals surface area contributed by atoms with Crippen LogP contribution in [0.2, 0.25) is 0 Å². The Bertz CT molecular complexity index is 544. The monoisotopic (exact) mass is 286 g/mol. The van der Waals surface area contributed by atoms with Gasteiger partial charge in [-0.15, -0.1) is 0 Å². The van der Waals surface area contributed by atoms with Gasteiger partial charge in [0, 0.05) is 19.1 Å². The topological polar surface area (TPSA) is 87.7 Å². The number of carbonyl (C=O) groups is 2. The molecule has 0 radical (unpaired) electrons.